The van der Waals surface area contributed by atoms with Crippen LogP contribution in [0.25, 0.3) is 0 Å². The molecule has 0 spiro atoms. The zero-order valence-electron chi connectivity index (χ0n) is 11.9. The molecule has 0 aliphatic rings. The van der Waals surface area contributed by atoms with Crippen LogP contribution in [-0.4, -0.2) is 23.9 Å². The minimum atomic E-state index is -0.519. The number of carbonyl (C=O) groups excluding carboxylic acids is 1. The number of hydrogen-bond donors (Lipinski definition) is 1. The van der Waals surface area contributed by atoms with Gasteiger partial charge in [-0.25, -0.2) is 0 Å². The molecule has 1 amide bonds. The van der Waals surface area contributed by atoms with E-state index in [9.17, 15) is 4.79 Å². The van der Waals surface area contributed by atoms with Crippen molar-refractivity contribution in [1.82, 2.24) is 4.90 Å². The van der Waals surface area contributed by atoms with E-state index in [0.717, 1.165) is 16.9 Å². The predicted octanol–water partition coefficient (Wildman–Crippen LogP) is 2.12. The Bertz CT molecular complexity index is 563. The van der Waals surface area contributed by atoms with Crippen molar-refractivity contribution in [2.45, 2.75) is 25.9 Å². The fourth-order valence-electron chi connectivity index (χ4n) is 2.15. The first-order valence-corrected chi connectivity index (χ1v) is 6.65. The third kappa shape index (κ3) is 3.48. The molecule has 2 rings (SSSR count). The fraction of sp³-hybridized carbons (Fsp3) is 0.312. The summed E-state index contributed by atoms with van der Waals surface area (Å²) in [5, 5.41) is 0. The van der Waals surface area contributed by atoms with E-state index in [4.69, 9.17) is 10.2 Å². The second-order valence-electron chi connectivity index (χ2n) is 4.99. The van der Waals surface area contributed by atoms with Crippen molar-refractivity contribution in [3.8, 4) is 0 Å². The summed E-state index contributed by atoms with van der Waals surface area (Å²) >= 11 is 0. The van der Waals surface area contributed by atoms with Crippen LogP contribution in [0.3, 0.4) is 0 Å². The largest absolute Gasteiger partial charge is 0.469 e. The number of rotatable bonds is 5. The smallest absolute Gasteiger partial charge is 0.239 e. The summed E-state index contributed by atoms with van der Waals surface area (Å²) in [5.74, 6) is 0.774. The van der Waals surface area contributed by atoms with Crippen molar-refractivity contribution in [2.75, 3.05) is 7.05 Å². The Morgan fingerprint density at radius 2 is 2.00 bits per heavy atom. The molecule has 0 saturated carbocycles. The number of nitrogens with two attached hydrogens (primary N) is 1. The first kappa shape index (κ1) is 14.3. The molecule has 1 heterocycles. The molecule has 106 valence electrons. The number of amides is 1. The lowest BCUT2D eigenvalue weighted by Crippen LogP contribution is -2.42. The van der Waals surface area contributed by atoms with E-state index in [1.54, 1.807) is 18.2 Å². The van der Waals surface area contributed by atoms with Crippen molar-refractivity contribution in [3.63, 3.8) is 0 Å². The summed E-state index contributed by atoms with van der Waals surface area (Å²) in [6.45, 7) is 2.40. The molecular formula is C16H20N2O2. The van der Waals surface area contributed by atoms with E-state index in [2.05, 4.69) is 0 Å². The van der Waals surface area contributed by atoms with Gasteiger partial charge in [0, 0.05) is 19.2 Å². The number of furan rings is 1. The van der Waals surface area contributed by atoms with Crippen LogP contribution in [0.1, 0.15) is 16.9 Å². The molecule has 20 heavy (non-hydrogen) atoms. The Morgan fingerprint density at radius 3 is 2.60 bits per heavy atom. The molecule has 1 aromatic carbocycles. The van der Waals surface area contributed by atoms with Gasteiger partial charge in [-0.3, -0.25) is 4.79 Å². The highest BCUT2D eigenvalue weighted by molar-refractivity contribution is 5.81. The summed E-state index contributed by atoms with van der Waals surface area (Å²) in [4.78, 5) is 13.9. The van der Waals surface area contributed by atoms with E-state index in [1.807, 2.05) is 43.3 Å². The molecule has 1 unspecified atom stereocenters. The zero-order chi connectivity index (χ0) is 14.5. The lowest BCUT2D eigenvalue weighted by atomic mass is 10.1. The van der Waals surface area contributed by atoms with Gasteiger partial charge >= 0.3 is 0 Å². The second kappa shape index (κ2) is 6.39. The van der Waals surface area contributed by atoms with E-state index < -0.39 is 6.04 Å². The van der Waals surface area contributed by atoms with Crippen LogP contribution >= 0.6 is 0 Å². The molecule has 2 aromatic rings. The molecule has 4 heteroatoms. The lowest BCUT2D eigenvalue weighted by Gasteiger charge is -2.21. The van der Waals surface area contributed by atoms with Gasteiger partial charge in [0.2, 0.25) is 5.91 Å². The van der Waals surface area contributed by atoms with Gasteiger partial charge in [0.25, 0.3) is 0 Å². The molecule has 0 aliphatic carbocycles. The Labute approximate surface area is 119 Å². The minimum absolute atomic E-state index is 0.0607. The molecule has 0 bridgehead atoms. The van der Waals surface area contributed by atoms with Crippen molar-refractivity contribution in [3.05, 3.63) is 59.5 Å². The Hall–Kier alpha value is -2.07. The number of likely N-dealkylation sites (N-methyl/N-ethyl adjacent to an activating group) is 1. The van der Waals surface area contributed by atoms with Crippen LogP contribution in [0.2, 0.25) is 0 Å². The summed E-state index contributed by atoms with van der Waals surface area (Å²) in [7, 11) is 1.76. The van der Waals surface area contributed by atoms with Crippen molar-refractivity contribution in [2.24, 2.45) is 5.73 Å². The maximum absolute atomic E-state index is 12.3. The predicted molar refractivity (Wildman–Crippen MR) is 78.0 cm³/mol. The van der Waals surface area contributed by atoms with Gasteiger partial charge in [-0.05, 0) is 25.0 Å². The minimum Gasteiger partial charge on any atom is -0.469 e. The highest BCUT2D eigenvalue weighted by Crippen LogP contribution is 2.12. The van der Waals surface area contributed by atoms with Crippen molar-refractivity contribution < 1.29 is 9.21 Å². The molecular weight excluding hydrogens is 252 g/mol. The van der Waals surface area contributed by atoms with Gasteiger partial charge in [-0.2, -0.15) is 0 Å². The van der Waals surface area contributed by atoms with Gasteiger partial charge < -0.3 is 15.1 Å². The Kier molecular flexibility index (Phi) is 4.58. The van der Waals surface area contributed by atoms with Gasteiger partial charge in [-0.1, -0.05) is 30.3 Å². The van der Waals surface area contributed by atoms with E-state index >= 15 is 0 Å². The molecule has 4 nitrogen and oxygen atoms in total. The lowest BCUT2D eigenvalue weighted by molar-refractivity contribution is -0.131. The van der Waals surface area contributed by atoms with E-state index in [-0.39, 0.29) is 5.91 Å². The summed E-state index contributed by atoms with van der Waals surface area (Å²) < 4.78 is 5.23. The number of nitrogens with zero attached hydrogens (tertiary/aromatic N) is 1. The number of benzene rings is 1. The first-order valence-electron chi connectivity index (χ1n) is 6.65. The normalized spacial score (nSPS) is 12.2. The van der Waals surface area contributed by atoms with Crippen LogP contribution in [0.4, 0.5) is 0 Å². The Balaban J connectivity index is 1.94. The van der Waals surface area contributed by atoms with Crippen molar-refractivity contribution >= 4 is 5.91 Å². The maximum Gasteiger partial charge on any atom is 0.239 e. The van der Waals surface area contributed by atoms with Gasteiger partial charge in [0.1, 0.15) is 5.76 Å². The zero-order valence-corrected chi connectivity index (χ0v) is 11.9. The highest BCUT2D eigenvalue weighted by atomic mass is 16.3. The third-order valence-electron chi connectivity index (χ3n) is 3.37. The fourth-order valence-corrected chi connectivity index (χ4v) is 2.15. The molecule has 0 radical (unpaired) electrons. The summed E-state index contributed by atoms with van der Waals surface area (Å²) in [6.07, 6.45) is 2.18. The van der Waals surface area contributed by atoms with Crippen LogP contribution in [0, 0.1) is 6.92 Å². The number of carbonyl (C=O) groups is 1. The van der Waals surface area contributed by atoms with Gasteiger partial charge in [0.15, 0.2) is 0 Å². The number of aryl methyl sites for hydroxylation is 1. The molecule has 1 atom stereocenters. The van der Waals surface area contributed by atoms with Gasteiger partial charge in [-0.15, -0.1) is 0 Å². The molecule has 0 aliphatic heterocycles. The standard InChI is InChI=1S/C16H20N2O2/c1-12-14(8-9-20-12)11-18(2)16(19)15(17)10-13-6-4-3-5-7-13/h3-9,15H,10-11,17H2,1-2H3. The third-order valence-corrected chi connectivity index (χ3v) is 3.37. The van der Waals surface area contributed by atoms with Crippen molar-refractivity contribution in [1.29, 1.82) is 0 Å². The molecule has 2 N–H and O–H groups in total. The average molecular weight is 272 g/mol. The first-order chi connectivity index (χ1) is 9.58. The summed E-state index contributed by atoms with van der Waals surface area (Å²) in [6, 6.07) is 11.2. The molecule has 0 saturated heterocycles. The SMILES string of the molecule is Cc1occc1CN(C)C(=O)C(N)Cc1ccccc1. The second-order valence-corrected chi connectivity index (χ2v) is 4.99. The average Bonchev–Trinajstić information content (AvgIpc) is 2.84. The molecule has 0 fully saturated rings. The van der Waals surface area contributed by atoms with E-state index in [1.165, 1.54) is 0 Å². The van der Waals surface area contributed by atoms with Crippen LogP contribution in [0.5, 0.6) is 0 Å². The highest BCUT2D eigenvalue weighted by Gasteiger charge is 2.19. The summed E-state index contributed by atoms with van der Waals surface area (Å²) in [5.41, 5.74) is 8.08. The van der Waals surface area contributed by atoms with E-state index in [0.29, 0.717) is 13.0 Å². The Morgan fingerprint density at radius 1 is 1.30 bits per heavy atom. The van der Waals surface area contributed by atoms with Crippen LogP contribution < -0.4 is 5.73 Å². The van der Waals surface area contributed by atoms with Gasteiger partial charge in [0.05, 0.1) is 12.3 Å². The maximum atomic E-state index is 12.3. The molecule has 1 aromatic heterocycles. The van der Waals surface area contributed by atoms with Crippen LogP contribution in [-0.2, 0) is 17.8 Å². The monoisotopic (exact) mass is 272 g/mol. The quantitative estimate of drug-likeness (QED) is 0.907. The number of hydrogen-bond acceptors (Lipinski definition) is 3. The van der Waals surface area contributed by atoms with Crippen LogP contribution in [0.15, 0.2) is 47.1 Å². The topological polar surface area (TPSA) is 59.5 Å².